The van der Waals surface area contributed by atoms with Crippen LogP contribution in [0.1, 0.15) is 6.04 Å². The highest BCUT2D eigenvalue weighted by Crippen LogP contribution is 2.32. The molecule has 3 heterocycles. The Labute approximate surface area is 130 Å². The smallest absolute Gasteiger partial charge is 0.129 e. The minimum absolute atomic E-state index is 0.368. The Morgan fingerprint density at radius 2 is 2.19 bits per heavy atom. The van der Waals surface area contributed by atoms with E-state index in [2.05, 4.69) is 22.9 Å². The summed E-state index contributed by atoms with van der Waals surface area (Å²) in [7, 11) is 0. The van der Waals surface area contributed by atoms with Crippen LogP contribution >= 0.6 is 24.0 Å². The van der Waals surface area contributed by atoms with E-state index in [1.807, 2.05) is 16.8 Å². The van der Waals surface area contributed by atoms with Crippen molar-refractivity contribution in [2.75, 3.05) is 6.61 Å². The first-order valence-corrected chi connectivity index (χ1v) is 7.82. The van der Waals surface area contributed by atoms with Gasteiger partial charge in [-0.25, -0.2) is 4.68 Å². The van der Waals surface area contributed by atoms with Crippen LogP contribution in [0.4, 0.5) is 0 Å². The van der Waals surface area contributed by atoms with Crippen molar-refractivity contribution in [2.24, 2.45) is 0 Å². The number of nitrogens with zero attached hydrogens (tertiary/aromatic N) is 3. The first-order valence-electron chi connectivity index (χ1n) is 6.36. The first kappa shape index (κ1) is 14.9. The third-order valence-corrected chi connectivity index (χ3v) is 4.61. The summed E-state index contributed by atoms with van der Waals surface area (Å²) in [5.74, 6) is 0. The molecule has 2 aromatic heterocycles. The van der Waals surface area contributed by atoms with Crippen LogP contribution in [0.5, 0.6) is 0 Å². The predicted molar refractivity (Wildman–Crippen MR) is 79.1 cm³/mol. The topological polar surface area (TPSA) is 101 Å². The van der Waals surface area contributed by atoms with Gasteiger partial charge in [0.1, 0.15) is 35.5 Å². The molecule has 21 heavy (non-hydrogen) atoms. The number of ether oxygens (including phenoxy) is 1. The molecule has 1 aliphatic rings. The third-order valence-electron chi connectivity index (χ3n) is 3.50. The molecule has 0 aromatic carbocycles. The van der Waals surface area contributed by atoms with Gasteiger partial charge in [-0.3, -0.25) is 0 Å². The number of aromatic nitrogens is 3. The van der Waals surface area contributed by atoms with Gasteiger partial charge in [0.15, 0.2) is 0 Å². The van der Waals surface area contributed by atoms with E-state index in [4.69, 9.17) is 4.74 Å². The van der Waals surface area contributed by atoms with Crippen molar-refractivity contribution in [3.8, 4) is 11.3 Å². The molecule has 1 saturated heterocycles. The molecule has 0 aliphatic carbocycles. The SMILES string of the molecule is OC[C@H]1O[C@@H](S)[C@H](O)[C@H](n2cc(-c3ccsc3)nn2)[C@H]1O. The lowest BCUT2D eigenvalue weighted by molar-refractivity contribution is -0.178. The predicted octanol–water partition coefficient (Wildman–Crippen LogP) is -0.0835. The van der Waals surface area contributed by atoms with Gasteiger partial charge in [0.2, 0.25) is 0 Å². The Kier molecular flexibility index (Phi) is 4.29. The molecule has 0 amide bonds. The molecular formula is C12H15N3O4S2. The second-order valence-corrected chi connectivity index (χ2v) is 6.10. The van der Waals surface area contributed by atoms with Gasteiger partial charge in [-0.15, -0.1) is 17.7 Å². The average molecular weight is 329 g/mol. The molecule has 5 atom stereocenters. The number of aliphatic hydroxyl groups is 3. The van der Waals surface area contributed by atoms with Crippen LogP contribution in [0.25, 0.3) is 11.3 Å². The van der Waals surface area contributed by atoms with Gasteiger partial charge in [0.25, 0.3) is 0 Å². The van der Waals surface area contributed by atoms with E-state index in [-0.39, 0.29) is 6.61 Å². The highest BCUT2D eigenvalue weighted by molar-refractivity contribution is 7.80. The maximum Gasteiger partial charge on any atom is 0.129 e. The molecule has 7 nitrogen and oxygen atoms in total. The van der Waals surface area contributed by atoms with Gasteiger partial charge >= 0.3 is 0 Å². The average Bonchev–Trinajstić information content (AvgIpc) is 3.13. The molecule has 0 spiro atoms. The van der Waals surface area contributed by atoms with E-state index in [0.29, 0.717) is 5.69 Å². The summed E-state index contributed by atoms with van der Waals surface area (Å²) >= 11 is 5.68. The Hall–Kier alpha value is -0.970. The summed E-state index contributed by atoms with van der Waals surface area (Å²) in [5.41, 5.74) is 0.756. The lowest BCUT2D eigenvalue weighted by atomic mass is 9.97. The molecule has 0 unspecified atom stereocenters. The maximum atomic E-state index is 10.2. The first-order chi connectivity index (χ1) is 10.1. The standard InChI is InChI=1S/C12H15N3O4S2/c16-4-8-10(17)9(11(18)12(20)19-8)15-3-7(13-14-15)6-1-2-21-5-6/h1-3,5,8-12,16-18,20H,4H2/t8-,9-,10+,11-,12+/m1/s1. The van der Waals surface area contributed by atoms with Gasteiger partial charge in [-0.05, 0) is 11.4 Å². The molecule has 1 aliphatic heterocycles. The zero-order valence-electron chi connectivity index (χ0n) is 10.9. The minimum atomic E-state index is -1.11. The molecule has 0 saturated carbocycles. The highest BCUT2D eigenvalue weighted by Gasteiger charge is 2.44. The second-order valence-electron chi connectivity index (χ2n) is 4.82. The van der Waals surface area contributed by atoms with E-state index < -0.39 is 29.8 Å². The maximum absolute atomic E-state index is 10.2. The zero-order chi connectivity index (χ0) is 15.0. The Balaban J connectivity index is 1.90. The molecule has 9 heteroatoms. The fourth-order valence-corrected chi connectivity index (χ4v) is 3.34. The summed E-state index contributed by atoms with van der Waals surface area (Å²) < 4.78 is 6.64. The van der Waals surface area contributed by atoms with Crippen molar-refractivity contribution in [2.45, 2.75) is 29.8 Å². The van der Waals surface area contributed by atoms with Gasteiger partial charge in [-0.2, -0.15) is 11.3 Å². The summed E-state index contributed by atoms with van der Waals surface area (Å²) in [6.07, 6.45) is -1.34. The number of thiol groups is 1. The summed E-state index contributed by atoms with van der Waals surface area (Å²) in [6.45, 7) is -0.368. The van der Waals surface area contributed by atoms with E-state index >= 15 is 0 Å². The van der Waals surface area contributed by atoms with Gasteiger partial charge in [0, 0.05) is 10.9 Å². The largest absolute Gasteiger partial charge is 0.394 e. The van der Waals surface area contributed by atoms with Crippen LogP contribution in [0, 0.1) is 0 Å². The van der Waals surface area contributed by atoms with Crippen molar-refractivity contribution >= 4 is 24.0 Å². The van der Waals surface area contributed by atoms with Crippen LogP contribution in [-0.4, -0.2) is 60.7 Å². The van der Waals surface area contributed by atoms with Crippen LogP contribution in [0.15, 0.2) is 23.0 Å². The van der Waals surface area contributed by atoms with Gasteiger partial charge in [0.05, 0.1) is 12.8 Å². The van der Waals surface area contributed by atoms with Crippen LogP contribution < -0.4 is 0 Å². The fourth-order valence-electron chi connectivity index (χ4n) is 2.36. The zero-order valence-corrected chi connectivity index (χ0v) is 12.6. The van der Waals surface area contributed by atoms with Crippen LogP contribution in [0.3, 0.4) is 0 Å². The van der Waals surface area contributed by atoms with E-state index in [1.165, 1.54) is 4.68 Å². The Bertz CT molecular complexity index is 591. The molecular weight excluding hydrogens is 314 g/mol. The van der Waals surface area contributed by atoms with E-state index in [9.17, 15) is 15.3 Å². The number of hydrogen-bond acceptors (Lipinski definition) is 8. The van der Waals surface area contributed by atoms with E-state index in [0.717, 1.165) is 5.56 Å². The summed E-state index contributed by atoms with van der Waals surface area (Å²) in [5, 5.41) is 41.6. The lowest BCUT2D eigenvalue weighted by Gasteiger charge is -2.40. The Morgan fingerprint density at radius 1 is 1.38 bits per heavy atom. The highest BCUT2D eigenvalue weighted by atomic mass is 32.1. The van der Waals surface area contributed by atoms with Crippen LogP contribution in [0.2, 0.25) is 0 Å². The van der Waals surface area contributed by atoms with Crippen molar-refractivity contribution in [3.63, 3.8) is 0 Å². The number of aliphatic hydroxyl groups excluding tert-OH is 3. The quantitative estimate of drug-likeness (QED) is 0.588. The molecule has 0 bridgehead atoms. The molecule has 1 fully saturated rings. The third kappa shape index (κ3) is 2.72. The lowest BCUT2D eigenvalue weighted by Crippen LogP contribution is -2.54. The molecule has 3 N–H and O–H groups in total. The van der Waals surface area contributed by atoms with Gasteiger partial charge in [-0.1, -0.05) is 5.21 Å². The van der Waals surface area contributed by atoms with Crippen LogP contribution in [-0.2, 0) is 4.74 Å². The van der Waals surface area contributed by atoms with E-state index in [1.54, 1.807) is 17.5 Å². The number of thiophene rings is 1. The molecule has 2 aromatic rings. The molecule has 0 radical (unpaired) electrons. The summed E-state index contributed by atoms with van der Waals surface area (Å²) in [6, 6.07) is 1.13. The number of rotatable bonds is 3. The van der Waals surface area contributed by atoms with Gasteiger partial charge < -0.3 is 20.1 Å². The second kappa shape index (κ2) is 6.03. The fraction of sp³-hybridized carbons (Fsp3) is 0.500. The van der Waals surface area contributed by atoms with Crippen molar-refractivity contribution in [1.29, 1.82) is 0 Å². The number of hydrogen-bond donors (Lipinski definition) is 4. The monoisotopic (exact) mass is 329 g/mol. The Morgan fingerprint density at radius 3 is 2.86 bits per heavy atom. The molecule has 3 rings (SSSR count). The van der Waals surface area contributed by atoms with Crippen molar-refractivity contribution in [3.05, 3.63) is 23.0 Å². The summed E-state index contributed by atoms with van der Waals surface area (Å²) in [4.78, 5) is 0. The van der Waals surface area contributed by atoms with Crippen molar-refractivity contribution in [1.82, 2.24) is 15.0 Å². The van der Waals surface area contributed by atoms with Crippen molar-refractivity contribution < 1.29 is 20.1 Å². The minimum Gasteiger partial charge on any atom is -0.394 e. The normalized spacial score (nSPS) is 33.2. The molecule has 114 valence electrons.